The summed E-state index contributed by atoms with van der Waals surface area (Å²) in [5.41, 5.74) is 2.70. The highest BCUT2D eigenvalue weighted by Crippen LogP contribution is 2.39. The number of aliphatic hydroxyl groups excluding tert-OH is 1. The molecular formula is C26H30ClFN4O. The van der Waals surface area contributed by atoms with E-state index in [4.69, 9.17) is 11.6 Å². The highest BCUT2D eigenvalue weighted by Gasteiger charge is 2.38. The molecule has 3 atom stereocenters. The Labute approximate surface area is 199 Å². The molecule has 5 rings (SSSR count). The van der Waals surface area contributed by atoms with Gasteiger partial charge in [0.2, 0.25) is 0 Å². The van der Waals surface area contributed by atoms with Gasteiger partial charge in [-0.3, -0.25) is 4.90 Å². The van der Waals surface area contributed by atoms with Crippen molar-refractivity contribution in [3.05, 3.63) is 71.1 Å². The summed E-state index contributed by atoms with van der Waals surface area (Å²) in [4.78, 5) is 2.46. The number of likely N-dealkylation sites (tertiary alicyclic amines) is 1. The maximum atomic E-state index is 13.3. The molecule has 1 aliphatic carbocycles. The maximum Gasteiger partial charge on any atom is 0.123 e. The third-order valence-corrected chi connectivity index (χ3v) is 7.49. The Bertz CT molecular complexity index is 1050. The van der Waals surface area contributed by atoms with Gasteiger partial charge >= 0.3 is 0 Å². The lowest BCUT2D eigenvalue weighted by molar-refractivity contribution is -0.0181. The SMILES string of the molecule is OC1CN(CC2CCCCC2)C(c2ccc(Cl)cc2)CC1n1cc(-c2ccc(F)cc2)nn1. The van der Waals surface area contributed by atoms with Crippen LogP contribution in [0, 0.1) is 11.7 Å². The van der Waals surface area contributed by atoms with Gasteiger partial charge in [0.05, 0.1) is 18.3 Å². The van der Waals surface area contributed by atoms with E-state index < -0.39 is 6.10 Å². The average Bonchev–Trinajstić information content (AvgIpc) is 3.31. The first-order valence-corrected chi connectivity index (χ1v) is 12.3. The monoisotopic (exact) mass is 468 g/mol. The van der Waals surface area contributed by atoms with Crippen LogP contribution in [0.5, 0.6) is 0 Å². The molecule has 174 valence electrons. The Morgan fingerprint density at radius 2 is 1.73 bits per heavy atom. The molecule has 2 aliphatic rings. The quantitative estimate of drug-likeness (QED) is 0.524. The van der Waals surface area contributed by atoms with E-state index in [-0.39, 0.29) is 17.9 Å². The molecule has 1 saturated carbocycles. The Balaban J connectivity index is 1.39. The molecule has 1 N–H and O–H groups in total. The van der Waals surface area contributed by atoms with Crippen LogP contribution in [0.25, 0.3) is 11.3 Å². The van der Waals surface area contributed by atoms with Gasteiger partial charge in [0, 0.05) is 29.7 Å². The number of piperidine rings is 1. The molecule has 0 spiro atoms. The summed E-state index contributed by atoms with van der Waals surface area (Å²) in [7, 11) is 0. The standard InChI is InChI=1S/C26H30ClFN4O/c27-21-10-6-20(7-11-21)24-14-25(26(33)17-31(24)15-18-4-2-1-3-5-18)32-16-23(29-30-32)19-8-12-22(28)13-9-19/h6-13,16,18,24-26,33H,1-5,14-15,17H2. The van der Waals surface area contributed by atoms with Gasteiger partial charge in [0.1, 0.15) is 11.5 Å². The van der Waals surface area contributed by atoms with E-state index in [1.807, 2.05) is 18.3 Å². The minimum Gasteiger partial charge on any atom is -0.390 e. The Morgan fingerprint density at radius 3 is 2.45 bits per heavy atom. The number of aromatic nitrogens is 3. The van der Waals surface area contributed by atoms with Crippen molar-refractivity contribution < 1.29 is 9.50 Å². The van der Waals surface area contributed by atoms with Crippen LogP contribution in [-0.2, 0) is 0 Å². The molecule has 0 radical (unpaired) electrons. The fourth-order valence-electron chi connectivity index (χ4n) is 5.44. The van der Waals surface area contributed by atoms with Crippen molar-refractivity contribution in [2.75, 3.05) is 13.1 Å². The molecule has 1 saturated heterocycles. The second kappa shape index (κ2) is 9.92. The fraction of sp³-hybridized carbons (Fsp3) is 0.462. The summed E-state index contributed by atoms with van der Waals surface area (Å²) in [6, 6.07) is 14.3. The molecule has 33 heavy (non-hydrogen) atoms. The molecule has 3 unspecified atom stereocenters. The summed E-state index contributed by atoms with van der Waals surface area (Å²) in [5.74, 6) is 0.409. The second-order valence-corrected chi connectivity index (χ2v) is 9.92. The molecule has 2 fully saturated rings. The minimum atomic E-state index is -0.542. The van der Waals surface area contributed by atoms with Crippen LogP contribution in [0.2, 0.25) is 5.02 Å². The lowest BCUT2D eigenvalue weighted by Gasteiger charge is -2.44. The van der Waals surface area contributed by atoms with Crippen molar-refractivity contribution >= 4 is 11.6 Å². The average molecular weight is 469 g/mol. The normalized spacial score (nSPS) is 24.8. The molecule has 0 bridgehead atoms. The van der Waals surface area contributed by atoms with Crippen LogP contribution in [0.3, 0.4) is 0 Å². The lowest BCUT2D eigenvalue weighted by Crippen LogP contribution is -2.48. The smallest absolute Gasteiger partial charge is 0.123 e. The maximum absolute atomic E-state index is 13.3. The summed E-state index contributed by atoms with van der Waals surface area (Å²) in [6.45, 7) is 1.61. The predicted molar refractivity (Wildman–Crippen MR) is 127 cm³/mol. The zero-order valence-electron chi connectivity index (χ0n) is 18.7. The van der Waals surface area contributed by atoms with Crippen molar-refractivity contribution in [1.29, 1.82) is 0 Å². The van der Waals surface area contributed by atoms with E-state index in [1.54, 1.807) is 16.8 Å². The Morgan fingerprint density at radius 1 is 1.00 bits per heavy atom. The van der Waals surface area contributed by atoms with Gasteiger partial charge in [-0.15, -0.1) is 5.10 Å². The van der Waals surface area contributed by atoms with E-state index in [1.165, 1.54) is 49.8 Å². The number of nitrogens with zero attached hydrogens (tertiary/aromatic N) is 4. The van der Waals surface area contributed by atoms with E-state index >= 15 is 0 Å². The van der Waals surface area contributed by atoms with Gasteiger partial charge in [0.15, 0.2) is 0 Å². The number of hydrogen-bond acceptors (Lipinski definition) is 4. The summed E-state index contributed by atoms with van der Waals surface area (Å²) >= 11 is 6.16. The van der Waals surface area contributed by atoms with Gasteiger partial charge in [0.25, 0.3) is 0 Å². The van der Waals surface area contributed by atoms with Crippen molar-refractivity contribution in [1.82, 2.24) is 19.9 Å². The highest BCUT2D eigenvalue weighted by molar-refractivity contribution is 6.30. The van der Waals surface area contributed by atoms with Gasteiger partial charge in [-0.25, -0.2) is 9.07 Å². The number of rotatable bonds is 5. The fourth-order valence-corrected chi connectivity index (χ4v) is 5.56. The van der Waals surface area contributed by atoms with Crippen LogP contribution < -0.4 is 0 Å². The van der Waals surface area contributed by atoms with Crippen molar-refractivity contribution in [3.8, 4) is 11.3 Å². The van der Waals surface area contributed by atoms with Gasteiger partial charge in [-0.1, -0.05) is 48.2 Å². The third kappa shape index (κ3) is 5.13. The number of halogens is 2. The molecule has 0 amide bonds. The lowest BCUT2D eigenvalue weighted by atomic mass is 9.85. The zero-order valence-corrected chi connectivity index (χ0v) is 19.4. The number of hydrogen-bond donors (Lipinski definition) is 1. The molecular weight excluding hydrogens is 439 g/mol. The van der Waals surface area contributed by atoms with Crippen molar-refractivity contribution in [3.63, 3.8) is 0 Å². The van der Waals surface area contributed by atoms with Gasteiger partial charge < -0.3 is 5.11 Å². The molecule has 2 aromatic carbocycles. The topological polar surface area (TPSA) is 54.2 Å². The van der Waals surface area contributed by atoms with Gasteiger partial charge in [-0.05, 0) is 67.1 Å². The van der Waals surface area contributed by atoms with E-state index in [0.29, 0.717) is 18.2 Å². The summed E-state index contributed by atoms with van der Waals surface area (Å²) < 4.78 is 15.1. The molecule has 7 heteroatoms. The van der Waals surface area contributed by atoms with Crippen LogP contribution in [0.1, 0.15) is 56.2 Å². The van der Waals surface area contributed by atoms with Gasteiger partial charge in [-0.2, -0.15) is 0 Å². The highest BCUT2D eigenvalue weighted by atomic mass is 35.5. The molecule has 2 heterocycles. The van der Waals surface area contributed by atoms with Crippen LogP contribution in [0.4, 0.5) is 4.39 Å². The second-order valence-electron chi connectivity index (χ2n) is 9.49. The number of benzene rings is 2. The molecule has 5 nitrogen and oxygen atoms in total. The number of aliphatic hydroxyl groups is 1. The largest absolute Gasteiger partial charge is 0.390 e. The van der Waals surface area contributed by atoms with E-state index in [0.717, 1.165) is 23.6 Å². The van der Waals surface area contributed by atoms with E-state index in [9.17, 15) is 9.50 Å². The Hall–Kier alpha value is -2.28. The van der Waals surface area contributed by atoms with Crippen LogP contribution >= 0.6 is 11.6 Å². The Kier molecular flexibility index (Phi) is 6.76. The van der Waals surface area contributed by atoms with Crippen molar-refractivity contribution in [2.24, 2.45) is 5.92 Å². The zero-order chi connectivity index (χ0) is 22.8. The molecule has 1 aromatic heterocycles. The minimum absolute atomic E-state index is 0.177. The molecule has 1 aliphatic heterocycles. The first kappa shape index (κ1) is 22.5. The predicted octanol–water partition coefficient (Wildman–Crippen LogP) is 5.67. The van der Waals surface area contributed by atoms with E-state index in [2.05, 4.69) is 27.3 Å². The van der Waals surface area contributed by atoms with Crippen LogP contribution in [0.15, 0.2) is 54.7 Å². The summed E-state index contributed by atoms with van der Waals surface area (Å²) in [5, 5.41) is 20.5. The van der Waals surface area contributed by atoms with Crippen molar-refractivity contribution in [2.45, 2.75) is 56.7 Å². The summed E-state index contributed by atoms with van der Waals surface area (Å²) in [6.07, 6.45) is 8.55. The van der Waals surface area contributed by atoms with Crippen LogP contribution in [-0.4, -0.2) is 44.2 Å². The first-order valence-electron chi connectivity index (χ1n) is 11.9. The first-order chi connectivity index (χ1) is 16.1. The number of β-amino-alcohol motifs (C(OH)–C–C–N with tert-alkyl or cyclic N) is 1. The molecule has 3 aromatic rings. The third-order valence-electron chi connectivity index (χ3n) is 7.23.